The van der Waals surface area contributed by atoms with Crippen LogP contribution in [0.25, 0.3) is 168 Å². The lowest BCUT2D eigenvalue weighted by Gasteiger charge is -2.14. The minimum Gasteiger partial charge on any atom is -0.278 e. The smallest absolute Gasteiger partial charge is 0.242 e. The molecule has 0 aliphatic carbocycles. The van der Waals surface area contributed by atoms with E-state index in [1.54, 1.807) is 0 Å². The number of imidazole rings is 4. The van der Waals surface area contributed by atoms with Crippen molar-refractivity contribution in [1.29, 1.82) is 0 Å². The van der Waals surface area contributed by atoms with E-state index in [0.717, 1.165) is 121 Å². The van der Waals surface area contributed by atoms with Crippen LogP contribution in [-0.4, -0.2) is 66.9 Å². The molecule has 0 amide bonds. The maximum absolute atomic E-state index is 5.48. The molecule has 0 atom stereocenters. The molecule has 0 unspecified atom stereocenters. The van der Waals surface area contributed by atoms with Crippen LogP contribution in [0.5, 0.6) is 0 Å². The molecule has 0 saturated heterocycles. The van der Waals surface area contributed by atoms with E-state index in [1.165, 1.54) is 0 Å². The Bertz CT molecular complexity index is 5710. The predicted molar refractivity (Wildman–Crippen MR) is 350 cm³/mol. The van der Waals surface area contributed by atoms with Crippen LogP contribution in [-0.2, 0) is 0 Å². The molecule has 0 fully saturated rings. The third-order valence-electron chi connectivity index (χ3n) is 17.2. The van der Waals surface area contributed by atoms with Crippen molar-refractivity contribution in [3.8, 4) is 68.8 Å². The van der Waals surface area contributed by atoms with Crippen molar-refractivity contribution in [3.63, 3.8) is 0 Å². The Morgan fingerprint density at radius 2 is 0.523 bits per heavy atom. The second kappa shape index (κ2) is 18.5. The van der Waals surface area contributed by atoms with Gasteiger partial charge in [-0.05, 0) is 95.1 Å². The van der Waals surface area contributed by atoms with Gasteiger partial charge in [0.15, 0.2) is 11.6 Å². The zero-order chi connectivity index (χ0) is 57.6. The van der Waals surface area contributed by atoms with Gasteiger partial charge in [0.2, 0.25) is 35.3 Å². The Morgan fingerprint density at radius 3 is 0.955 bits per heavy atom. The highest BCUT2D eigenvalue weighted by atomic mass is 15.3. The van der Waals surface area contributed by atoms with Crippen molar-refractivity contribution in [2.24, 2.45) is 0 Å². The molecule has 19 rings (SSSR count). The quantitative estimate of drug-likeness (QED) is 0.147. The Kier molecular flexibility index (Phi) is 10.1. The highest BCUT2D eigenvalue weighted by Crippen LogP contribution is 2.46. The molecule has 0 radical (unpaired) electrons. The van der Waals surface area contributed by atoms with Gasteiger partial charge in [-0.1, -0.05) is 194 Å². The van der Waals surface area contributed by atoms with E-state index in [9.17, 15) is 0 Å². The summed E-state index contributed by atoms with van der Waals surface area (Å²) in [6, 6.07) is 92.3. The maximum atomic E-state index is 5.48. The van der Waals surface area contributed by atoms with Crippen LogP contribution in [0.1, 0.15) is 0 Å². The molecule has 0 saturated carbocycles. The first-order chi connectivity index (χ1) is 43.7. The van der Waals surface area contributed by atoms with E-state index < -0.39 is 0 Å². The molecule has 14 heteroatoms. The van der Waals surface area contributed by atoms with Gasteiger partial charge in [-0.15, -0.1) is 0 Å². The molecule has 0 spiro atoms. The van der Waals surface area contributed by atoms with E-state index in [-0.39, 0.29) is 0 Å². The first kappa shape index (κ1) is 48.0. The molecule has 19 aromatic rings. The average Bonchev–Trinajstić information content (AvgIpc) is 1.72. The fourth-order valence-corrected chi connectivity index (χ4v) is 13.5. The number of aromatic nitrogens is 14. The number of hydrogen-bond acceptors (Lipinski definition) is 8. The normalized spacial score (nSPS) is 12.1. The summed E-state index contributed by atoms with van der Waals surface area (Å²) in [4.78, 5) is 42.7. The summed E-state index contributed by atoms with van der Waals surface area (Å²) < 4.78 is 12.9. The van der Waals surface area contributed by atoms with Crippen molar-refractivity contribution in [2.75, 3.05) is 0 Å². The summed E-state index contributed by atoms with van der Waals surface area (Å²) in [5, 5.41) is 4.26. The number of fused-ring (bicyclic) bond motifs is 16. The minimum atomic E-state index is 0.456. The zero-order valence-corrected chi connectivity index (χ0v) is 46.7. The molecule has 0 N–H and O–H groups in total. The van der Waals surface area contributed by atoms with Gasteiger partial charge >= 0.3 is 0 Å². The van der Waals surface area contributed by atoms with E-state index in [2.05, 4.69) is 185 Å². The van der Waals surface area contributed by atoms with Crippen molar-refractivity contribution in [1.82, 2.24) is 66.9 Å². The number of benzene rings is 11. The first-order valence-electron chi connectivity index (χ1n) is 29.2. The van der Waals surface area contributed by atoms with Crippen molar-refractivity contribution < 1.29 is 0 Å². The van der Waals surface area contributed by atoms with Gasteiger partial charge in [-0.25, -0.2) is 19.1 Å². The third-order valence-corrected chi connectivity index (χ3v) is 17.2. The van der Waals surface area contributed by atoms with Crippen LogP contribution in [0.4, 0.5) is 0 Å². The van der Waals surface area contributed by atoms with Crippen LogP contribution >= 0.6 is 0 Å². The Balaban J connectivity index is 0.824. The lowest BCUT2D eigenvalue weighted by Crippen LogP contribution is -2.10. The van der Waals surface area contributed by atoms with Crippen LogP contribution in [0.3, 0.4) is 0 Å². The summed E-state index contributed by atoms with van der Waals surface area (Å²) in [7, 11) is 0. The van der Waals surface area contributed by atoms with Crippen molar-refractivity contribution >= 4 is 99.3 Å². The molecule has 88 heavy (non-hydrogen) atoms. The number of rotatable bonds is 8. The second-order valence-corrected chi connectivity index (χ2v) is 22.0. The SMILES string of the molecule is c1ccc(-c2nc(-n3c4ccccc4c4c(-c5ccccc5-c5cccc6c5c5ccccc5n6-c5nc(-c6ccccc6)nc(-n6c7ccccc7n7c8ccccc8nc67)n5)cccc43)nc(-n3c4ccccc4n4c5ccccc5nc34)n2)cc1. The van der Waals surface area contributed by atoms with Gasteiger partial charge in [0.25, 0.3) is 0 Å². The summed E-state index contributed by atoms with van der Waals surface area (Å²) >= 11 is 0. The molecule has 0 bridgehead atoms. The lowest BCUT2D eigenvalue weighted by atomic mass is 9.90. The number of para-hydroxylation sites is 10. The average molecular weight is 1130 g/mol. The molecule has 8 aromatic heterocycles. The van der Waals surface area contributed by atoms with E-state index >= 15 is 0 Å². The highest BCUT2D eigenvalue weighted by Gasteiger charge is 2.27. The maximum Gasteiger partial charge on any atom is 0.242 e. The van der Waals surface area contributed by atoms with E-state index in [0.29, 0.717) is 47.0 Å². The van der Waals surface area contributed by atoms with Crippen molar-refractivity contribution in [2.45, 2.75) is 0 Å². The lowest BCUT2D eigenvalue weighted by molar-refractivity contribution is 0.884. The van der Waals surface area contributed by atoms with Gasteiger partial charge in [-0.2, -0.15) is 29.9 Å². The first-order valence-corrected chi connectivity index (χ1v) is 29.2. The van der Waals surface area contributed by atoms with Crippen LogP contribution in [0.2, 0.25) is 0 Å². The standard InChI is InChI=1S/C74H44N14/c1-3-23-45(24-4-1)67-77-69(81-71(79-67)87-61-41-19-17-39-59(61)85-57-37-15-11-33-53(57)75-73(85)87)83-55-35-13-9-29-51(55)65-49(31-21-43-63(65)83)47-27-7-8-28-48(47)50-32-22-44-64-66(50)52-30-10-14-36-56(52)84(64)70-78-68(46-25-5-2-6-26-46)80-72(82-70)88-62-42-20-18-40-60(62)86-58-38-16-12-34-54(58)76-74(86)88/h1-44H. The largest absolute Gasteiger partial charge is 0.278 e. The monoisotopic (exact) mass is 1130 g/mol. The summed E-state index contributed by atoms with van der Waals surface area (Å²) in [5.41, 5.74) is 17.4. The Labute approximate surface area is 499 Å². The molecule has 0 aliphatic heterocycles. The van der Waals surface area contributed by atoms with Gasteiger partial charge in [0.05, 0.1) is 66.2 Å². The van der Waals surface area contributed by atoms with Gasteiger partial charge in [0, 0.05) is 32.7 Å². The minimum absolute atomic E-state index is 0.456. The summed E-state index contributed by atoms with van der Waals surface area (Å²) in [6.07, 6.45) is 0. The fourth-order valence-electron chi connectivity index (χ4n) is 13.5. The van der Waals surface area contributed by atoms with Gasteiger partial charge in [0.1, 0.15) is 0 Å². The molecule has 11 aromatic carbocycles. The topological polar surface area (TPSA) is 132 Å². The van der Waals surface area contributed by atoms with Crippen LogP contribution < -0.4 is 0 Å². The summed E-state index contributed by atoms with van der Waals surface area (Å²) in [5.74, 6) is 4.38. The third kappa shape index (κ3) is 6.93. The fraction of sp³-hybridized carbons (Fsp3) is 0. The Morgan fingerprint density at radius 1 is 0.205 bits per heavy atom. The molecule has 8 heterocycles. The second-order valence-electron chi connectivity index (χ2n) is 22.0. The van der Waals surface area contributed by atoms with Crippen molar-refractivity contribution in [3.05, 3.63) is 267 Å². The van der Waals surface area contributed by atoms with E-state index in [4.69, 9.17) is 39.9 Å². The molecular weight excluding hydrogens is 1080 g/mol. The number of hydrogen-bond donors (Lipinski definition) is 0. The van der Waals surface area contributed by atoms with Crippen LogP contribution in [0, 0.1) is 0 Å². The van der Waals surface area contributed by atoms with Gasteiger partial charge in [-0.3, -0.25) is 17.9 Å². The molecule has 14 nitrogen and oxygen atoms in total. The van der Waals surface area contributed by atoms with Crippen LogP contribution in [0.15, 0.2) is 267 Å². The molecule has 0 aliphatic rings. The Hall–Kier alpha value is -12.4. The molecular formula is C74H44N14. The zero-order valence-electron chi connectivity index (χ0n) is 46.7. The van der Waals surface area contributed by atoms with E-state index in [1.807, 2.05) is 109 Å². The highest BCUT2D eigenvalue weighted by molar-refractivity contribution is 6.20. The summed E-state index contributed by atoms with van der Waals surface area (Å²) in [6.45, 7) is 0. The number of nitrogens with zero attached hydrogens (tertiary/aromatic N) is 14. The predicted octanol–water partition coefficient (Wildman–Crippen LogP) is 16.4. The van der Waals surface area contributed by atoms with Gasteiger partial charge < -0.3 is 0 Å². The molecule has 410 valence electrons.